The van der Waals surface area contributed by atoms with Crippen molar-refractivity contribution in [3.63, 3.8) is 0 Å². The molecule has 3 N–H and O–H groups in total. The van der Waals surface area contributed by atoms with E-state index in [0.717, 1.165) is 57.8 Å². The zero-order valence-corrected chi connectivity index (χ0v) is 16.3. The van der Waals surface area contributed by atoms with Crippen LogP contribution in [0.1, 0.15) is 85.0 Å². The minimum absolute atomic E-state index is 0.0958. The van der Waals surface area contributed by atoms with E-state index in [1.54, 1.807) is 0 Å². The SMILES string of the molecule is CC(C)(C)C1(C2(OC(=O)C(O)C(O)C(=O)O)CCCCC2)CCCCC1. The molecular formula is C20H34O6. The van der Waals surface area contributed by atoms with Gasteiger partial charge in [-0.25, -0.2) is 9.59 Å². The summed E-state index contributed by atoms with van der Waals surface area (Å²) in [6.45, 7) is 6.56. The normalized spacial score (nSPS) is 25.1. The fourth-order valence-electron chi connectivity index (χ4n) is 5.36. The summed E-state index contributed by atoms with van der Waals surface area (Å²) >= 11 is 0. The first-order valence-corrected chi connectivity index (χ1v) is 9.88. The van der Waals surface area contributed by atoms with Crippen LogP contribution < -0.4 is 0 Å². The van der Waals surface area contributed by atoms with Crippen LogP contribution in [0.3, 0.4) is 0 Å². The van der Waals surface area contributed by atoms with E-state index in [4.69, 9.17) is 9.84 Å². The number of aliphatic hydroxyl groups is 2. The third-order valence-electron chi connectivity index (χ3n) is 6.77. The molecule has 0 saturated heterocycles. The van der Waals surface area contributed by atoms with Gasteiger partial charge >= 0.3 is 11.9 Å². The molecule has 2 fully saturated rings. The Morgan fingerprint density at radius 2 is 1.31 bits per heavy atom. The summed E-state index contributed by atoms with van der Waals surface area (Å²) in [5, 5.41) is 28.4. The summed E-state index contributed by atoms with van der Waals surface area (Å²) in [6, 6.07) is 0. The molecule has 2 unspecified atom stereocenters. The number of carbonyl (C=O) groups excluding carboxylic acids is 1. The molecule has 0 spiro atoms. The largest absolute Gasteiger partial charge is 0.479 e. The quantitative estimate of drug-likeness (QED) is 0.643. The highest BCUT2D eigenvalue weighted by atomic mass is 16.6. The number of aliphatic carboxylic acids is 1. The van der Waals surface area contributed by atoms with Gasteiger partial charge in [0.15, 0.2) is 12.2 Å². The van der Waals surface area contributed by atoms with Gasteiger partial charge in [-0.3, -0.25) is 0 Å². The van der Waals surface area contributed by atoms with Crippen LogP contribution in [0.2, 0.25) is 0 Å². The highest BCUT2D eigenvalue weighted by molar-refractivity contribution is 5.84. The molecule has 0 aliphatic heterocycles. The number of hydrogen-bond donors (Lipinski definition) is 3. The maximum atomic E-state index is 12.6. The van der Waals surface area contributed by atoms with E-state index in [1.165, 1.54) is 6.42 Å². The molecule has 0 aromatic rings. The molecule has 2 rings (SSSR count). The Bertz CT molecular complexity index is 509. The van der Waals surface area contributed by atoms with Crippen LogP contribution in [-0.2, 0) is 14.3 Å². The van der Waals surface area contributed by atoms with Gasteiger partial charge in [-0.05, 0) is 43.9 Å². The first-order chi connectivity index (χ1) is 12.1. The molecular weight excluding hydrogens is 336 g/mol. The van der Waals surface area contributed by atoms with Crippen molar-refractivity contribution in [3.8, 4) is 0 Å². The molecule has 2 atom stereocenters. The van der Waals surface area contributed by atoms with Gasteiger partial charge in [-0.2, -0.15) is 0 Å². The summed E-state index contributed by atoms with van der Waals surface area (Å²) in [6.07, 6.45) is 5.45. The van der Waals surface area contributed by atoms with Crippen LogP contribution in [0.4, 0.5) is 0 Å². The zero-order valence-electron chi connectivity index (χ0n) is 16.3. The average molecular weight is 370 g/mol. The standard InChI is InChI=1S/C20H34O6/c1-18(2,3)19(10-6-4-7-11-19)20(12-8-5-9-13-20)26-17(25)15(22)14(21)16(23)24/h14-15,21-22H,4-13H2,1-3H3,(H,23,24). The van der Waals surface area contributed by atoms with E-state index >= 15 is 0 Å². The lowest BCUT2D eigenvalue weighted by Crippen LogP contribution is -2.60. The fraction of sp³-hybridized carbons (Fsp3) is 0.900. The molecule has 2 saturated carbocycles. The van der Waals surface area contributed by atoms with Gasteiger partial charge < -0.3 is 20.1 Å². The lowest BCUT2D eigenvalue weighted by Gasteiger charge is -2.60. The Morgan fingerprint density at radius 1 is 0.846 bits per heavy atom. The second-order valence-electron chi connectivity index (χ2n) is 9.10. The summed E-state index contributed by atoms with van der Waals surface area (Å²) in [4.78, 5) is 23.5. The smallest absolute Gasteiger partial charge is 0.338 e. The van der Waals surface area contributed by atoms with Crippen LogP contribution in [-0.4, -0.2) is 45.1 Å². The van der Waals surface area contributed by atoms with E-state index in [-0.39, 0.29) is 10.8 Å². The molecule has 0 aromatic heterocycles. The van der Waals surface area contributed by atoms with Gasteiger partial charge in [0.05, 0.1) is 0 Å². The minimum atomic E-state index is -2.17. The van der Waals surface area contributed by atoms with Gasteiger partial charge in [0.1, 0.15) is 5.60 Å². The highest BCUT2D eigenvalue weighted by Gasteiger charge is 2.60. The van der Waals surface area contributed by atoms with Gasteiger partial charge in [0.2, 0.25) is 0 Å². The van der Waals surface area contributed by atoms with Crippen molar-refractivity contribution in [2.75, 3.05) is 0 Å². The Morgan fingerprint density at radius 3 is 1.73 bits per heavy atom. The predicted octanol–water partition coefficient (Wildman–Crippen LogP) is 3.04. The molecule has 26 heavy (non-hydrogen) atoms. The lowest BCUT2D eigenvalue weighted by molar-refractivity contribution is -0.222. The van der Waals surface area contributed by atoms with Crippen molar-refractivity contribution in [3.05, 3.63) is 0 Å². The molecule has 0 amide bonds. The second kappa shape index (κ2) is 7.85. The second-order valence-corrected chi connectivity index (χ2v) is 9.10. The van der Waals surface area contributed by atoms with Crippen molar-refractivity contribution < 1.29 is 29.6 Å². The van der Waals surface area contributed by atoms with Crippen LogP contribution in [0.15, 0.2) is 0 Å². The summed E-state index contributed by atoms with van der Waals surface area (Å²) in [7, 11) is 0. The molecule has 0 aromatic carbocycles. The van der Waals surface area contributed by atoms with E-state index in [9.17, 15) is 19.8 Å². The maximum absolute atomic E-state index is 12.6. The number of esters is 1. The van der Waals surface area contributed by atoms with Crippen molar-refractivity contribution in [2.24, 2.45) is 10.8 Å². The third kappa shape index (κ3) is 3.77. The molecule has 6 heteroatoms. The van der Waals surface area contributed by atoms with E-state index < -0.39 is 29.7 Å². The van der Waals surface area contributed by atoms with Crippen LogP contribution in [0.5, 0.6) is 0 Å². The Kier molecular flexibility index (Phi) is 6.39. The third-order valence-corrected chi connectivity index (χ3v) is 6.77. The van der Waals surface area contributed by atoms with Crippen molar-refractivity contribution in [2.45, 2.75) is 103 Å². The maximum Gasteiger partial charge on any atom is 0.338 e. The van der Waals surface area contributed by atoms with Gasteiger partial charge in [0.25, 0.3) is 0 Å². The number of carboxylic acids is 1. The lowest BCUT2D eigenvalue weighted by atomic mass is 9.49. The first kappa shape index (κ1) is 21.2. The average Bonchev–Trinajstić information content (AvgIpc) is 2.60. The number of ether oxygens (including phenoxy) is 1. The molecule has 150 valence electrons. The summed E-state index contributed by atoms with van der Waals surface area (Å²) < 4.78 is 5.97. The van der Waals surface area contributed by atoms with E-state index in [2.05, 4.69) is 20.8 Å². The first-order valence-electron chi connectivity index (χ1n) is 9.88. The predicted molar refractivity (Wildman–Crippen MR) is 96.5 cm³/mol. The Balaban J connectivity index is 2.38. The molecule has 6 nitrogen and oxygen atoms in total. The van der Waals surface area contributed by atoms with Crippen molar-refractivity contribution >= 4 is 11.9 Å². The van der Waals surface area contributed by atoms with Crippen LogP contribution >= 0.6 is 0 Å². The van der Waals surface area contributed by atoms with Gasteiger partial charge in [-0.15, -0.1) is 0 Å². The van der Waals surface area contributed by atoms with E-state index in [0.29, 0.717) is 0 Å². The summed E-state index contributed by atoms with van der Waals surface area (Å²) in [5.74, 6) is -2.65. The fourth-order valence-corrected chi connectivity index (χ4v) is 5.36. The van der Waals surface area contributed by atoms with Crippen molar-refractivity contribution in [1.82, 2.24) is 0 Å². The monoisotopic (exact) mass is 370 g/mol. The zero-order chi connectivity index (χ0) is 19.6. The molecule has 0 heterocycles. The highest BCUT2D eigenvalue weighted by Crippen LogP contribution is 2.61. The number of carbonyl (C=O) groups is 2. The van der Waals surface area contributed by atoms with Crippen molar-refractivity contribution in [1.29, 1.82) is 0 Å². The minimum Gasteiger partial charge on any atom is -0.479 e. The molecule has 2 aliphatic carbocycles. The van der Waals surface area contributed by atoms with Crippen LogP contribution in [0.25, 0.3) is 0 Å². The van der Waals surface area contributed by atoms with Crippen LogP contribution in [0, 0.1) is 10.8 Å². The molecule has 0 bridgehead atoms. The summed E-state index contributed by atoms with van der Waals surface area (Å²) in [5.41, 5.74) is -1.01. The molecule has 2 aliphatic rings. The number of rotatable bonds is 5. The number of aliphatic hydroxyl groups excluding tert-OH is 2. The van der Waals surface area contributed by atoms with E-state index in [1.807, 2.05) is 0 Å². The number of hydrogen-bond acceptors (Lipinski definition) is 5. The Labute approximate surface area is 155 Å². The Hall–Kier alpha value is -1.14. The van der Waals surface area contributed by atoms with Gasteiger partial charge in [-0.1, -0.05) is 46.5 Å². The van der Waals surface area contributed by atoms with Gasteiger partial charge in [0, 0.05) is 5.41 Å². The topological polar surface area (TPSA) is 104 Å². The number of carboxylic acid groups (broad SMARTS) is 1. The molecule has 0 radical (unpaired) electrons.